The van der Waals surface area contributed by atoms with Crippen molar-refractivity contribution in [2.45, 2.75) is 26.3 Å². The summed E-state index contributed by atoms with van der Waals surface area (Å²) in [6.07, 6.45) is 2.71. The highest BCUT2D eigenvalue weighted by Gasteiger charge is 2.15. The van der Waals surface area contributed by atoms with Crippen LogP contribution in [0.15, 0.2) is 12.5 Å². The quantitative estimate of drug-likeness (QED) is 0.540. The van der Waals surface area contributed by atoms with Gasteiger partial charge < -0.3 is 4.57 Å². The van der Waals surface area contributed by atoms with E-state index >= 15 is 0 Å². The van der Waals surface area contributed by atoms with Crippen molar-refractivity contribution in [3.8, 4) is 0 Å². The van der Waals surface area contributed by atoms with Crippen molar-refractivity contribution in [2.75, 3.05) is 0 Å². The maximum atomic E-state index is 12.7. The molecule has 0 aliphatic rings. The van der Waals surface area contributed by atoms with Crippen LogP contribution in [0.2, 0.25) is 0 Å². The lowest BCUT2D eigenvalue weighted by Gasteiger charge is -2.20. The Morgan fingerprint density at radius 2 is 2.10 bits per heavy atom. The van der Waals surface area contributed by atoms with Crippen LogP contribution in [0, 0.1) is 5.95 Å². The molecule has 0 amide bonds. The Morgan fingerprint density at radius 3 is 2.30 bits per heavy atom. The third kappa shape index (κ3) is 1.17. The molecule has 0 aliphatic heterocycles. The molecule has 1 aromatic heterocycles. The van der Waals surface area contributed by atoms with Crippen LogP contribution in [0.4, 0.5) is 4.39 Å². The maximum Gasteiger partial charge on any atom is 0.213 e. The highest BCUT2D eigenvalue weighted by molar-refractivity contribution is 4.86. The number of hydrogen-bond acceptors (Lipinski definition) is 1. The predicted octanol–water partition coefficient (Wildman–Crippen LogP) is 1.78. The summed E-state index contributed by atoms with van der Waals surface area (Å²) >= 11 is 0. The van der Waals surface area contributed by atoms with Crippen LogP contribution in [-0.2, 0) is 5.54 Å². The summed E-state index contributed by atoms with van der Waals surface area (Å²) in [5.74, 6) is -0.285. The van der Waals surface area contributed by atoms with Crippen LogP contribution in [0.5, 0.6) is 0 Å². The average molecular weight is 142 g/mol. The first-order valence-electron chi connectivity index (χ1n) is 3.20. The Labute approximate surface area is 59.7 Å². The number of nitrogens with zero attached hydrogens (tertiary/aromatic N) is 2. The molecule has 10 heavy (non-hydrogen) atoms. The van der Waals surface area contributed by atoms with Gasteiger partial charge in [-0.1, -0.05) is 0 Å². The van der Waals surface area contributed by atoms with Crippen molar-refractivity contribution in [3.63, 3.8) is 0 Å². The summed E-state index contributed by atoms with van der Waals surface area (Å²) in [7, 11) is 0. The highest BCUT2D eigenvalue weighted by Crippen LogP contribution is 2.14. The first kappa shape index (κ1) is 7.25. The Morgan fingerprint density at radius 1 is 1.50 bits per heavy atom. The molecule has 0 unspecified atom stereocenters. The number of aromatic nitrogens is 2. The third-order valence-corrected chi connectivity index (χ3v) is 1.32. The first-order chi connectivity index (χ1) is 4.52. The Hall–Kier alpha value is -0.860. The molecule has 1 aromatic rings. The van der Waals surface area contributed by atoms with Crippen LogP contribution in [0.1, 0.15) is 20.8 Å². The Balaban J connectivity index is 3.05. The third-order valence-electron chi connectivity index (χ3n) is 1.32. The zero-order valence-corrected chi connectivity index (χ0v) is 6.43. The molecule has 0 aromatic carbocycles. The normalized spacial score (nSPS) is 12.0. The SMILES string of the molecule is CC(C)(C)n1cncc1F. The average Bonchev–Trinajstić information content (AvgIpc) is 2.11. The van der Waals surface area contributed by atoms with Gasteiger partial charge in [0.15, 0.2) is 0 Å². The number of imidazole rings is 1. The van der Waals surface area contributed by atoms with Gasteiger partial charge >= 0.3 is 0 Å². The topological polar surface area (TPSA) is 17.8 Å². The van der Waals surface area contributed by atoms with Crippen molar-refractivity contribution in [1.82, 2.24) is 9.55 Å². The second-order valence-electron chi connectivity index (χ2n) is 3.26. The summed E-state index contributed by atoms with van der Waals surface area (Å²) in [5.41, 5.74) is -0.208. The monoisotopic (exact) mass is 142 g/mol. The molecular weight excluding hydrogens is 131 g/mol. The van der Waals surface area contributed by atoms with Crippen LogP contribution < -0.4 is 0 Å². The summed E-state index contributed by atoms with van der Waals surface area (Å²) in [6, 6.07) is 0. The standard InChI is InChI=1S/C7H11FN2/c1-7(2,3)10-5-9-4-6(10)8/h4-5H,1-3H3. The zero-order valence-electron chi connectivity index (χ0n) is 6.43. The lowest BCUT2D eigenvalue weighted by Crippen LogP contribution is -2.22. The van der Waals surface area contributed by atoms with Crippen LogP contribution in [0.25, 0.3) is 0 Å². The molecule has 0 saturated heterocycles. The highest BCUT2D eigenvalue weighted by atomic mass is 19.1. The second-order valence-corrected chi connectivity index (χ2v) is 3.26. The van der Waals surface area contributed by atoms with Crippen LogP contribution in [0.3, 0.4) is 0 Å². The van der Waals surface area contributed by atoms with Gasteiger partial charge in [0.05, 0.1) is 12.5 Å². The van der Waals surface area contributed by atoms with Gasteiger partial charge in [-0.2, -0.15) is 4.39 Å². The van der Waals surface area contributed by atoms with Crippen LogP contribution >= 0.6 is 0 Å². The number of rotatable bonds is 0. The molecule has 1 heterocycles. The van der Waals surface area contributed by atoms with E-state index in [1.165, 1.54) is 17.1 Å². The van der Waals surface area contributed by atoms with E-state index in [1.807, 2.05) is 20.8 Å². The minimum atomic E-state index is -0.285. The summed E-state index contributed by atoms with van der Waals surface area (Å²) in [4.78, 5) is 3.68. The van der Waals surface area contributed by atoms with Gasteiger partial charge in [-0.15, -0.1) is 0 Å². The van der Waals surface area contributed by atoms with Gasteiger partial charge in [-0.3, -0.25) is 0 Å². The maximum absolute atomic E-state index is 12.7. The van der Waals surface area contributed by atoms with E-state index in [0.29, 0.717) is 0 Å². The van der Waals surface area contributed by atoms with Crippen molar-refractivity contribution in [2.24, 2.45) is 0 Å². The summed E-state index contributed by atoms with van der Waals surface area (Å²) < 4.78 is 14.2. The lowest BCUT2D eigenvalue weighted by atomic mass is 10.1. The molecule has 3 heteroatoms. The number of halogens is 1. The Bertz CT molecular complexity index is 222. The predicted molar refractivity (Wildman–Crippen MR) is 37.2 cm³/mol. The van der Waals surface area contributed by atoms with E-state index in [9.17, 15) is 4.39 Å². The van der Waals surface area contributed by atoms with E-state index in [1.54, 1.807) is 0 Å². The van der Waals surface area contributed by atoms with E-state index in [-0.39, 0.29) is 11.5 Å². The number of hydrogen-bond donors (Lipinski definition) is 0. The fourth-order valence-corrected chi connectivity index (χ4v) is 0.772. The van der Waals surface area contributed by atoms with Gasteiger partial charge in [-0.25, -0.2) is 4.98 Å². The van der Waals surface area contributed by atoms with Crippen molar-refractivity contribution in [1.29, 1.82) is 0 Å². The molecule has 56 valence electrons. The van der Waals surface area contributed by atoms with Crippen LogP contribution in [-0.4, -0.2) is 9.55 Å². The van der Waals surface area contributed by atoms with Crippen molar-refractivity contribution < 1.29 is 4.39 Å². The lowest BCUT2D eigenvalue weighted by molar-refractivity contribution is 0.337. The minimum Gasteiger partial charge on any atom is -0.302 e. The molecule has 0 atom stereocenters. The van der Waals surface area contributed by atoms with E-state index in [2.05, 4.69) is 4.98 Å². The summed E-state index contributed by atoms with van der Waals surface area (Å²) in [5, 5.41) is 0. The van der Waals surface area contributed by atoms with Gasteiger partial charge in [0.1, 0.15) is 0 Å². The molecular formula is C7H11FN2. The molecule has 0 N–H and O–H groups in total. The van der Waals surface area contributed by atoms with Gasteiger partial charge in [0.2, 0.25) is 5.95 Å². The van der Waals surface area contributed by atoms with Gasteiger partial charge in [0, 0.05) is 5.54 Å². The molecule has 0 bridgehead atoms. The molecule has 2 nitrogen and oxygen atoms in total. The second kappa shape index (κ2) is 2.08. The first-order valence-corrected chi connectivity index (χ1v) is 3.20. The minimum absolute atomic E-state index is 0.208. The molecule has 0 saturated carbocycles. The molecule has 0 aliphatic carbocycles. The van der Waals surface area contributed by atoms with E-state index in [4.69, 9.17) is 0 Å². The van der Waals surface area contributed by atoms with Crippen molar-refractivity contribution in [3.05, 3.63) is 18.5 Å². The van der Waals surface area contributed by atoms with Gasteiger partial charge in [-0.05, 0) is 20.8 Å². The molecule has 1 rings (SSSR count). The Kier molecular flexibility index (Phi) is 1.50. The largest absolute Gasteiger partial charge is 0.302 e. The molecule has 0 radical (unpaired) electrons. The molecule has 0 spiro atoms. The summed E-state index contributed by atoms with van der Waals surface area (Å²) in [6.45, 7) is 5.78. The van der Waals surface area contributed by atoms with Crippen molar-refractivity contribution >= 4 is 0 Å². The fraction of sp³-hybridized carbons (Fsp3) is 0.571. The fourth-order valence-electron chi connectivity index (χ4n) is 0.772. The smallest absolute Gasteiger partial charge is 0.213 e. The molecule has 0 fully saturated rings. The van der Waals surface area contributed by atoms with E-state index in [0.717, 1.165) is 0 Å². The zero-order chi connectivity index (χ0) is 7.78. The van der Waals surface area contributed by atoms with E-state index < -0.39 is 0 Å². The van der Waals surface area contributed by atoms with Gasteiger partial charge in [0.25, 0.3) is 0 Å².